The van der Waals surface area contributed by atoms with Crippen molar-refractivity contribution in [1.82, 2.24) is 14.2 Å². The fraction of sp³-hybridized carbons (Fsp3) is 0.800. The number of nitriles is 1. The molecule has 226 valence electrons. The van der Waals surface area contributed by atoms with Crippen LogP contribution in [0.5, 0.6) is 0 Å². The average molecular weight is 605 g/mol. The van der Waals surface area contributed by atoms with Gasteiger partial charge in [0.25, 0.3) is 14.1 Å². The largest absolute Gasteiger partial charge is 0.374 e. The highest BCUT2D eigenvalue weighted by Gasteiger charge is 2.63. The Morgan fingerprint density at radius 1 is 1.20 bits per heavy atom. The third-order valence-electron chi connectivity index (χ3n) is 6.75. The van der Waals surface area contributed by atoms with Crippen LogP contribution >= 0.6 is 16.1 Å². The van der Waals surface area contributed by atoms with E-state index < -0.39 is 57.6 Å². The zero-order chi connectivity index (χ0) is 29.6. The molecule has 15 heteroatoms. The SMILES string of the molecule is CCOP(=O)(OCC)C1CC1[C@H]1O[C@@H](n2ccc(=O)[nH]c2=O)[C@@H](OC)[C@H]1OP(OCCC#N)N(C(C)C)C(C)C. The molecule has 1 aromatic heterocycles. The van der Waals surface area contributed by atoms with E-state index in [1.54, 1.807) is 13.8 Å². The molecule has 0 aromatic carbocycles. The lowest BCUT2D eigenvalue weighted by Crippen LogP contribution is -2.41. The van der Waals surface area contributed by atoms with Crippen molar-refractivity contribution in [2.75, 3.05) is 26.9 Å². The van der Waals surface area contributed by atoms with Gasteiger partial charge in [0.15, 0.2) is 6.23 Å². The Morgan fingerprint density at radius 3 is 2.38 bits per heavy atom. The fourth-order valence-corrected chi connectivity index (χ4v) is 9.21. The van der Waals surface area contributed by atoms with Crippen LogP contribution in [0.4, 0.5) is 0 Å². The van der Waals surface area contributed by atoms with Gasteiger partial charge in [-0.05, 0) is 48.0 Å². The first-order chi connectivity index (χ1) is 19.0. The second-order valence-corrected chi connectivity index (χ2v) is 13.8. The highest BCUT2D eigenvalue weighted by molar-refractivity contribution is 7.55. The molecule has 1 saturated carbocycles. The molecule has 2 heterocycles. The van der Waals surface area contributed by atoms with E-state index in [9.17, 15) is 14.2 Å². The highest BCUT2D eigenvalue weighted by Crippen LogP contribution is 2.68. The van der Waals surface area contributed by atoms with E-state index in [0.29, 0.717) is 6.42 Å². The van der Waals surface area contributed by atoms with Gasteiger partial charge in [0.05, 0.1) is 44.1 Å². The van der Waals surface area contributed by atoms with Gasteiger partial charge in [-0.3, -0.25) is 18.9 Å². The lowest BCUT2D eigenvalue weighted by molar-refractivity contribution is -0.0571. The number of hydrogen-bond acceptors (Lipinski definition) is 11. The van der Waals surface area contributed by atoms with Gasteiger partial charge in [0.2, 0.25) is 0 Å². The predicted octanol–water partition coefficient (Wildman–Crippen LogP) is 3.76. The van der Waals surface area contributed by atoms with Gasteiger partial charge in [0.1, 0.15) is 12.2 Å². The molecule has 1 aliphatic carbocycles. The Bertz CT molecular complexity index is 1150. The van der Waals surface area contributed by atoms with E-state index in [1.165, 1.54) is 23.9 Å². The molecule has 1 saturated heterocycles. The molecule has 2 aliphatic rings. The molecular formula is C25H42N4O9P2. The first-order valence-corrected chi connectivity index (χ1v) is 16.4. The molecule has 0 radical (unpaired) electrons. The molecule has 3 rings (SSSR count). The Kier molecular flexibility index (Phi) is 12.1. The summed E-state index contributed by atoms with van der Waals surface area (Å²) >= 11 is 0. The average Bonchev–Trinajstić information content (AvgIpc) is 3.60. The topological polar surface area (TPSA) is 154 Å². The molecule has 0 amide bonds. The van der Waals surface area contributed by atoms with E-state index in [2.05, 4.69) is 15.7 Å². The Labute approximate surface area is 236 Å². The number of nitrogens with zero attached hydrogens (tertiary/aromatic N) is 3. The van der Waals surface area contributed by atoms with Crippen molar-refractivity contribution < 1.29 is 32.1 Å². The minimum absolute atomic E-state index is 0.0531. The monoisotopic (exact) mass is 604 g/mol. The molecular weight excluding hydrogens is 562 g/mol. The number of ether oxygens (including phenoxy) is 2. The number of aromatic nitrogens is 2. The summed E-state index contributed by atoms with van der Waals surface area (Å²) < 4.78 is 53.4. The van der Waals surface area contributed by atoms with Crippen molar-refractivity contribution >= 4 is 16.1 Å². The van der Waals surface area contributed by atoms with Crippen molar-refractivity contribution in [2.24, 2.45) is 5.92 Å². The zero-order valence-corrected chi connectivity index (χ0v) is 26.0. The number of H-pyrrole nitrogens is 1. The second-order valence-electron chi connectivity index (χ2n) is 10.2. The third kappa shape index (κ3) is 7.49. The smallest absolute Gasteiger partial charge is 0.334 e. The van der Waals surface area contributed by atoms with Crippen LogP contribution in [0.25, 0.3) is 0 Å². The van der Waals surface area contributed by atoms with Crippen molar-refractivity contribution in [3.8, 4) is 6.07 Å². The summed E-state index contributed by atoms with van der Waals surface area (Å²) in [7, 11) is -3.62. The zero-order valence-electron chi connectivity index (χ0n) is 24.2. The number of rotatable bonds is 16. The summed E-state index contributed by atoms with van der Waals surface area (Å²) in [5, 5.41) is 9.10. The van der Waals surface area contributed by atoms with Crippen LogP contribution in [-0.2, 0) is 32.1 Å². The van der Waals surface area contributed by atoms with Crippen LogP contribution in [-0.4, -0.2) is 77.2 Å². The van der Waals surface area contributed by atoms with Crippen molar-refractivity contribution in [3.05, 3.63) is 33.1 Å². The van der Waals surface area contributed by atoms with Crippen molar-refractivity contribution in [2.45, 2.75) is 96.7 Å². The molecule has 1 aliphatic heterocycles. The fourth-order valence-electron chi connectivity index (χ4n) is 5.14. The molecule has 2 fully saturated rings. The first-order valence-electron chi connectivity index (χ1n) is 13.7. The number of aromatic amines is 1. The minimum Gasteiger partial charge on any atom is -0.374 e. The van der Waals surface area contributed by atoms with Crippen LogP contribution in [0.2, 0.25) is 0 Å². The van der Waals surface area contributed by atoms with Crippen molar-refractivity contribution in [1.29, 1.82) is 5.26 Å². The Morgan fingerprint density at radius 2 is 1.85 bits per heavy atom. The highest BCUT2D eigenvalue weighted by atomic mass is 31.2. The van der Waals surface area contributed by atoms with Gasteiger partial charge in [-0.1, -0.05) is 0 Å². The van der Waals surface area contributed by atoms with E-state index in [4.69, 9.17) is 32.8 Å². The maximum atomic E-state index is 13.6. The molecule has 1 N–H and O–H groups in total. The summed E-state index contributed by atoms with van der Waals surface area (Å²) in [4.78, 5) is 26.7. The van der Waals surface area contributed by atoms with E-state index in [1.807, 2.05) is 27.7 Å². The normalized spacial score (nSPS) is 27.4. The summed E-state index contributed by atoms with van der Waals surface area (Å²) in [5.74, 6) is -0.266. The van der Waals surface area contributed by atoms with E-state index in [0.717, 1.165) is 0 Å². The van der Waals surface area contributed by atoms with Gasteiger partial charge in [-0.25, -0.2) is 9.46 Å². The first kappa shape index (κ1) is 33.1. The van der Waals surface area contributed by atoms with Gasteiger partial charge in [0, 0.05) is 37.4 Å². The summed E-state index contributed by atoms with van der Waals surface area (Å²) in [6.45, 7) is 12.3. The molecule has 1 aromatic rings. The summed E-state index contributed by atoms with van der Waals surface area (Å²) in [5.41, 5.74) is -1.60. The minimum atomic E-state index is -3.42. The van der Waals surface area contributed by atoms with Gasteiger partial charge in [-0.15, -0.1) is 0 Å². The third-order valence-corrected chi connectivity index (χ3v) is 11.5. The molecule has 7 atom stereocenters. The molecule has 13 nitrogen and oxygen atoms in total. The van der Waals surface area contributed by atoms with Crippen molar-refractivity contribution in [3.63, 3.8) is 0 Å². The predicted molar refractivity (Wildman–Crippen MR) is 149 cm³/mol. The van der Waals surface area contributed by atoms with E-state index in [-0.39, 0.29) is 44.2 Å². The van der Waals surface area contributed by atoms with Crippen LogP contribution in [0, 0.1) is 17.2 Å². The quantitative estimate of drug-likeness (QED) is 0.217. The maximum absolute atomic E-state index is 13.6. The standard InChI is InChI=1S/C25H42N4O9P2/c1-8-35-40(32,36-9-2)19-15-18(19)21-22(38-39(34-14-10-12-26)29(16(3)4)17(5)6)23(33-7)24(37-21)28-13-11-20(30)27-25(28)31/h11,13,16-19,21-24H,8-10,14-15H2,1-7H3,(H,27,30,31)/t18?,19?,21-,22+,23+,24-,39?/m1/s1. The molecule has 40 heavy (non-hydrogen) atoms. The number of nitrogens with one attached hydrogen (secondary N) is 1. The van der Waals surface area contributed by atoms with E-state index >= 15 is 0 Å². The Hall–Kier alpha value is -1.45. The molecule has 0 spiro atoms. The van der Waals surface area contributed by atoms with Crippen LogP contribution in [0.15, 0.2) is 21.9 Å². The van der Waals surface area contributed by atoms with Gasteiger partial charge in [-0.2, -0.15) is 5.26 Å². The molecule has 0 bridgehead atoms. The molecule has 3 unspecified atom stereocenters. The Balaban J connectivity index is 2.02. The second kappa shape index (κ2) is 14.6. The van der Waals surface area contributed by atoms with Crippen LogP contribution < -0.4 is 11.2 Å². The lowest BCUT2D eigenvalue weighted by atomic mass is 10.1. The maximum Gasteiger partial charge on any atom is 0.334 e. The lowest BCUT2D eigenvalue weighted by Gasteiger charge is -2.38. The van der Waals surface area contributed by atoms with Crippen LogP contribution in [0.3, 0.4) is 0 Å². The number of hydrogen-bond donors (Lipinski definition) is 1. The van der Waals surface area contributed by atoms with Crippen LogP contribution in [0.1, 0.15) is 60.6 Å². The number of methoxy groups -OCH3 is 1. The van der Waals surface area contributed by atoms with Gasteiger partial charge < -0.3 is 27.6 Å². The summed E-state index contributed by atoms with van der Waals surface area (Å²) in [6.07, 6.45) is -1.06. The van der Waals surface area contributed by atoms with Gasteiger partial charge >= 0.3 is 13.3 Å². The summed E-state index contributed by atoms with van der Waals surface area (Å²) in [6, 6.07) is 3.43.